The Bertz CT molecular complexity index is 782. The second-order valence-electron chi connectivity index (χ2n) is 6.75. The van der Waals surface area contributed by atoms with Gasteiger partial charge in [0, 0.05) is 38.4 Å². The molecule has 0 aliphatic heterocycles. The summed E-state index contributed by atoms with van der Waals surface area (Å²) in [5, 5.41) is 13.6. The molecule has 2 rings (SSSR count). The summed E-state index contributed by atoms with van der Waals surface area (Å²) >= 11 is 0. The molecule has 8 heteroatoms. The quantitative estimate of drug-likeness (QED) is 0.442. The van der Waals surface area contributed by atoms with Gasteiger partial charge in [-0.15, -0.1) is 0 Å². The van der Waals surface area contributed by atoms with Crippen molar-refractivity contribution in [3.63, 3.8) is 0 Å². The van der Waals surface area contributed by atoms with E-state index in [-0.39, 0.29) is 5.91 Å². The van der Waals surface area contributed by atoms with Gasteiger partial charge in [-0.2, -0.15) is 5.10 Å². The van der Waals surface area contributed by atoms with Crippen LogP contribution in [-0.4, -0.2) is 60.3 Å². The van der Waals surface area contributed by atoms with Gasteiger partial charge in [0.1, 0.15) is 0 Å². The Morgan fingerprint density at radius 3 is 2.71 bits per heavy atom. The number of aromatic nitrogens is 2. The first kappa shape index (κ1) is 21.4. The highest BCUT2D eigenvalue weighted by molar-refractivity contribution is 5.94. The lowest BCUT2D eigenvalue weighted by Gasteiger charge is -2.12. The summed E-state index contributed by atoms with van der Waals surface area (Å²) in [6, 6.07) is 9.55. The summed E-state index contributed by atoms with van der Waals surface area (Å²) in [5.41, 5.74) is 2.71. The number of nitrogens with one attached hydrogen (secondary N) is 3. The lowest BCUT2D eigenvalue weighted by Crippen LogP contribution is -2.37. The van der Waals surface area contributed by atoms with E-state index in [9.17, 15) is 4.79 Å². The Hall–Kier alpha value is -2.87. The molecule has 1 heterocycles. The molecule has 0 bridgehead atoms. The molecule has 0 aliphatic rings. The van der Waals surface area contributed by atoms with E-state index in [4.69, 9.17) is 0 Å². The Morgan fingerprint density at radius 1 is 1.21 bits per heavy atom. The number of likely N-dealkylation sites (N-methyl/N-ethyl adjacent to an activating group) is 1. The van der Waals surface area contributed by atoms with Crippen LogP contribution in [0.1, 0.15) is 28.5 Å². The summed E-state index contributed by atoms with van der Waals surface area (Å²) in [5.74, 6) is 0.665. The number of aryl methyl sites for hydroxylation is 1. The van der Waals surface area contributed by atoms with Crippen molar-refractivity contribution in [1.29, 1.82) is 0 Å². The molecule has 0 atom stereocenters. The highest BCUT2D eigenvalue weighted by atomic mass is 16.1. The molecule has 0 unspecified atom stereocenters. The van der Waals surface area contributed by atoms with Crippen LogP contribution in [0.25, 0.3) is 0 Å². The van der Waals surface area contributed by atoms with Gasteiger partial charge >= 0.3 is 0 Å². The molecular weight excluding hydrogens is 354 g/mol. The molecule has 0 saturated heterocycles. The standard InChI is InChI=1S/C20H31N7O/c1-5-21-20(24-15-18-9-10-25-27(18)4)23-14-16-7-6-8-17(13-16)19(28)22-11-12-26(2)3/h6-10,13H,5,11-12,14-15H2,1-4H3,(H,22,28)(H2,21,23,24). The minimum absolute atomic E-state index is 0.0612. The van der Waals surface area contributed by atoms with Gasteiger partial charge < -0.3 is 20.9 Å². The maximum Gasteiger partial charge on any atom is 0.251 e. The molecule has 0 saturated carbocycles. The van der Waals surface area contributed by atoms with Gasteiger partial charge in [-0.05, 0) is 44.8 Å². The Labute approximate surface area is 167 Å². The summed E-state index contributed by atoms with van der Waals surface area (Å²) in [6.45, 7) is 5.35. The van der Waals surface area contributed by atoms with Gasteiger partial charge in [0.15, 0.2) is 5.96 Å². The van der Waals surface area contributed by atoms with Crippen LogP contribution in [0.5, 0.6) is 0 Å². The van der Waals surface area contributed by atoms with E-state index in [2.05, 4.69) is 26.0 Å². The Kier molecular flexibility index (Phi) is 8.48. The van der Waals surface area contributed by atoms with Crippen LogP contribution >= 0.6 is 0 Å². The molecule has 152 valence electrons. The van der Waals surface area contributed by atoms with E-state index >= 15 is 0 Å². The number of carbonyl (C=O) groups excluding carboxylic acids is 1. The third-order valence-corrected chi connectivity index (χ3v) is 4.16. The summed E-state index contributed by atoms with van der Waals surface area (Å²) < 4.78 is 1.83. The lowest BCUT2D eigenvalue weighted by molar-refractivity contribution is 0.0951. The zero-order valence-corrected chi connectivity index (χ0v) is 17.2. The average molecular weight is 386 g/mol. The van der Waals surface area contributed by atoms with Crippen molar-refractivity contribution < 1.29 is 4.79 Å². The van der Waals surface area contributed by atoms with Gasteiger partial charge in [-0.25, -0.2) is 4.99 Å². The third kappa shape index (κ3) is 7.03. The molecule has 1 aromatic heterocycles. The number of rotatable bonds is 9. The maximum absolute atomic E-state index is 12.3. The molecule has 0 aliphatic carbocycles. The Morgan fingerprint density at radius 2 is 2.04 bits per heavy atom. The molecule has 1 aromatic carbocycles. The average Bonchev–Trinajstić information content (AvgIpc) is 3.08. The monoisotopic (exact) mass is 385 g/mol. The van der Waals surface area contributed by atoms with Gasteiger partial charge in [0.2, 0.25) is 0 Å². The third-order valence-electron chi connectivity index (χ3n) is 4.16. The fourth-order valence-corrected chi connectivity index (χ4v) is 2.57. The van der Waals surface area contributed by atoms with Crippen molar-refractivity contribution in [2.45, 2.75) is 20.0 Å². The predicted octanol–water partition coefficient (Wildman–Crippen LogP) is 0.967. The number of amides is 1. The van der Waals surface area contributed by atoms with Crippen molar-refractivity contribution in [2.75, 3.05) is 33.7 Å². The predicted molar refractivity (Wildman–Crippen MR) is 112 cm³/mol. The minimum Gasteiger partial charge on any atom is -0.357 e. The highest BCUT2D eigenvalue weighted by Crippen LogP contribution is 2.07. The normalized spacial score (nSPS) is 11.5. The zero-order chi connectivity index (χ0) is 20.4. The van der Waals surface area contributed by atoms with E-state index in [0.29, 0.717) is 25.2 Å². The smallest absolute Gasteiger partial charge is 0.251 e. The number of nitrogens with zero attached hydrogens (tertiary/aromatic N) is 4. The molecule has 8 nitrogen and oxygen atoms in total. The second kappa shape index (κ2) is 11.1. The van der Waals surface area contributed by atoms with Crippen LogP contribution in [0.3, 0.4) is 0 Å². The van der Waals surface area contributed by atoms with Crippen molar-refractivity contribution in [1.82, 2.24) is 30.6 Å². The van der Waals surface area contributed by atoms with Crippen LogP contribution in [0.2, 0.25) is 0 Å². The number of guanidine groups is 1. The van der Waals surface area contributed by atoms with Crippen molar-refractivity contribution >= 4 is 11.9 Å². The van der Waals surface area contributed by atoms with Crippen molar-refractivity contribution in [3.8, 4) is 0 Å². The van der Waals surface area contributed by atoms with Crippen LogP contribution in [0, 0.1) is 0 Å². The zero-order valence-electron chi connectivity index (χ0n) is 17.2. The summed E-state index contributed by atoms with van der Waals surface area (Å²) in [6.07, 6.45) is 1.77. The van der Waals surface area contributed by atoms with E-state index in [1.54, 1.807) is 6.20 Å². The van der Waals surface area contributed by atoms with Crippen molar-refractivity contribution in [3.05, 3.63) is 53.3 Å². The van der Waals surface area contributed by atoms with Crippen molar-refractivity contribution in [2.24, 2.45) is 12.0 Å². The summed E-state index contributed by atoms with van der Waals surface area (Å²) in [4.78, 5) is 18.9. The maximum atomic E-state index is 12.3. The van der Waals surface area contributed by atoms with Crippen LogP contribution in [0.15, 0.2) is 41.5 Å². The molecule has 0 fully saturated rings. The largest absolute Gasteiger partial charge is 0.357 e. The molecule has 1 amide bonds. The Balaban J connectivity index is 1.95. The SMILES string of the molecule is CCNC(=NCc1cccc(C(=O)NCCN(C)C)c1)NCc1ccnn1C. The fraction of sp³-hybridized carbons (Fsp3) is 0.450. The highest BCUT2D eigenvalue weighted by Gasteiger charge is 2.06. The number of hydrogen-bond donors (Lipinski definition) is 3. The first-order valence-corrected chi connectivity index (χ1v) is 9.50. The van der Waals surface area contributed by atoms with E-state index in [1.165, 1.54) is 0 Å². The van der Waals surface area contributed by atoms with Gasteiger partial charge in [0.25, 0.3) is 5.91 Å². The van der Waals surface area contributed by atoms with Crippen LogP contribution in [0.4, 0.5) is 0 Å². The molecule has 0 radical (unpaired) electrons. The van der Waals surface area contributed by atoms with E-state index in [1.807, 2.05) is 68.0 Å². The number of carbonyl (C=O) groups is 1. The number of benzene rings is 1. The molecule has 0 spiro atoms. The molecular formula is C20H31N7O. The molecule has 2 aromatic rings. The number of hydrogen-bond acceptors (Lipinski definition) is 4. The van der Waals surface area contributed by atoms with E-state index < -0.39 is 0 Å². The topological polar surface area (TPSA) is 86.6 Å². The minimum atomic E-state index is -0.0612. The van der Waals surface area contributed by atoms with Gasteiger partial charge in [-0.3, -0.25) is 9.48 Å². The van der Waals surface area contributed by atoms with Crippen LogP contribution < -0.4 is 16.0 Å². The van der Waals surface area contributed by atoms with E-state index in [0.717, 1.165) is 30.3 Å². The second-order valence-corrected chi connectivity index (χ2v) is 6.75. The first-order chi connectivity index (χ1) is 13.5. The van der Waals surface area contributed by atoms with Gasteiger partial charge in [0.05, 0.1) is 18.8 Å². The van der Waals surface area contributed by atoms with Crippen LogP contribution in [-0.2, 0) is 20.1 Å². The fourth-order valence-electron chi connectivity index (χ4n) is 2.57. The number of aliphatic imine (C=N–C) groups is 1. The molecule has 3 N–H and O–H groups in total. The first-order valence-electron chi connectivity index (χ1n) is 9.50. The van der Waals surface area contributed by atoms with Gasteiger partial charge in [-0.1, -0.05) is 12.1 Å². The lowest BCUT2D eigenvalue weighted by atomic mass is 10.1. The molecule has 28 heavy (non-hydrogen) atoms. The summed E-state index contributed by atoms with van der Waals surface area (Å²) in [7, 11) is 5.88.